The van der Waals surface area contributed by atoms with Crippen LogP contribution in [0, 0.1) is 11.6 Å². The third-order valence-electron chi connectivity index (χ3n) is 4.68. The fourth-order valence-electron chi connectivity index (χ4n) is 3.19. The third kappa shape index (κ3) is 5.36. The molecule has 1 unspecified atom stereocenters. The summed E-state index contributed by atoms with van der Waals surface area (Å²) in [6.45, 7) is 0.482. The van der Waals surface area contributed by atoms with Gasteiger partial charge in [-0.15, -0.1) is 0 Å². The van der Waals surface area contributed by atoms with Gasteiger partial charge in [0.1, 0.15) is 29.3 Å². The smallest absolute Gasteiger partial charge is 0.145 e. The lowest BCUT2D eigenvalue weighted by atomic mass is 9.89. The van der Waals surface area contributed by atoms with Gasteiger partial charge in [0.15, 0.2) is 0 Å². The summed E-state index contributed by atoms with van der Waals surface area (Å²) in [6, 6.07) is 7.50. The Morgan fingerprint density at radius 2 is 1.93 bits per heavy atom. The van der Waals surface area contributed by atoms with Crippen molar-refractivity contribution < 1.29 is 19.0 Å². The topological polar surface area (TPSA) is 83.5 Å². The number of benzene rings is 1. The van der Waals surface area contributed by atoms with E-state index in [9.17, 15) is 19.0 Å². The molecule has 0 saturated heterocycles. The van der Waals surface area contributed by atoms with Gasteiger partial charge in [-0.1, -0.05) is 12.1 Å². The van der Waals surface area contributed by atoms with Crippen LogP contribution in [0.4, 0.5) is 8.78 Å². The number of aliphatic imine (C=N–C) groups is 1. The Hall–Kier alpha value is -3.39. The lowest BCUT2D eigenvalue weighted by Crippen LogP contribution is -2.12. The lowest BCUT2D eigenvalue weighted by molar-refractivity contribution is 0.214. The summed E-state index contributed by atoms with van der Waals surface area (Å²) in [5.74, 6) is -0.841. The van der Waals surface area contributed by atoms with Gasteiger partial charge in [-0.05, 0) is 35.7 Å². The van der Waals surface area contributed by atoms with Crippen molar-refractivity contribution in [3.63, 3.8) is 0 Å². The summed E-state index contributed by atoms with van der Waals surface area (Å²) in [5.41, 5.74) is 1.51. The first-order valence-electron chi connectivity index (χ1n) is 9.36. The summed E-state index contributed by atoms with van der Waals surface area (Å²) in [4.78, 5) is 11.8. The molecular formula is C22H22F2N4O2. The molecule has 0 radical (unpaired) electrons. The zero-order valence-corrected chi connectivity index (χ0v) is 16.4. The SMILES string of the molecule is CN=CC(O)/C(O)=C/c1nccn1CC[C@H](c1ccc(F)cc1)c1cncc(F)c1. The molecule has 0 spiro atoms. The van der Waals surface area contributed by atoms with E-state index in [4.69, 9.17) is 0 Å². The number of hydrogen-bond acceptors (Lipinski definition) is 5. The van der Waals surface area contributed by atoms with Gasteiger partial charge in [-0.2, -0.15) is 0 Å². The van der Waals surface area contributed by atoms with Crippen molar-refractivity contribution in [2.75, 3.05) is 7.05 Å². The molecule has 3 rings (SSSR count). The van der Waals surface area contributed by atoms with E-state index in [-0.39, 0.29) is 17.5 Å². The maximum absolute atomic E-state index is 13.8. The number of nitrogens with zero attached hydrogens (tertiary/aromatic N) is 4. The van der Waals surface area contributed by atoms with Gasteiger partial charge in [-0.25, -0.2) is 13.8 Å². The van der Waals surface area contributed by atoms with Gasteiger partial charge in [0.05, 0.1) is 6.20 Å². The minimum absolute atomic E-state index is 0.223. The Morgan fingerprint density at radius 1 is 1.17 bits per heavy atom. The maximum atomic E-state index is 13.8. The number of rotatable bonds is 8. The van der Waals surface area contributed by atoms with Gasteiger partial charge in [0.2, 0.25) is 0 Å². The maximum Gasteiger partial charge on any atom is 0.145 e. The fraction of sp³-hybridized carbons (Fsp3) is 0.227. The van der Waals surface area contributed by atoms with Gasteiger partial charge in [-0.3, -0.25) is 9.98 Å². The molecule has 8 heteroatoms. The van der Waals surface area contributed by atoms with Crippen LogP contribution >= 0.6 is 0 Å². The van der Waals surface area contributed by atoms with Crippen molar-refractivity contribution in [3.8, 4) is 0 Å². The normalized spacial score (nSPS) is 14.2. The zero-order valence-electron chi connectivity index (χ0n) is 16.4. The molecule has 0 amide bonds. The van der Waals surface area contributed by atoms with Gasteiger partial charge in [0.25, 0.3) is 0 Å². The molecule has 0 aliphatic heterocycles. The molecule has 0 saturated carbocycles. The van der Waals surface area contributed by atoms with E-state index < -0.39 is 11.9 Å². The van der Waals surface area contributed by atoms with Gasteiger partial charge < -0.3 is 14.8 Å². The van der Waals surface area contributed by atoms with Crippen LogP contribution in [-0.4, -0.2) is 44.1 Å². The molecule has 0 aliphatic carbocycles. The van der Waals surface area contributed by atoms with E-state index in [1.54, 1.807) is 35.3 Å². The largest absolute Gasteiger partial charge is 0.509 e. The average molecular weight is 412 g/mol. The minimum atomic E-state index is -1.22. The molecule has 2 N–H and O–H groups in total. The quantitative estimate of drug-likeness (QED) is 0.436. The molecule has 2 heterocycles. The molecule has 3 aromatic rings. The number of hydrogen-bond donors (Lipinski definition) is 2. The van der Waals surface area contributed by atoms with Gasteiger partial charge in [0, 0.05) is 50.4 Å². The second-order valence-corrected chi connectivity index (χ2v) is 6.73. The Labute approximate surface area is 172 Å². The second-order valence-electron chi connectivity index (χ2n) is 6.73. The Morgan fingerprint density at radius 3 is 2.63 bits per heavy atom. The molecule has 30 heavy (non-hydrogen) atoms. The molecule has 2 atom stereocenters. The summed E-state index contributed by atoms with van der Waals surface area (Å²) < 4.78 is 28.9. The predicted octanol–water partition coefficient (Wildman–Crippen LogP) is 3.74. The van der Waals surface area contributed by atoms with Crippen LogP contribution in [0.5, 0.6) is 0 Å². The highest BCUT2D eigenvalue weighted by molar-refractivity contribution is 5.68. The highest BCUT2D eigenvalue weighted by Gasteiger charge is 2.17. The Balaban J connectivity index is 1.84. The van der Waals surface area contributed by atoms with E-state index in [2.05, 4.69) is 15.0 Å². The predicted molar refractivity (Wildman–Crippen MR) is 110 cm³/mol. The number of aryl methyl sites for hydroxylation is 1. The van der Waals surface area contributed by atoms with Crippen LogP contribution in [-0.2, 0) is 6.54 Å². The first kappa shape index (κ1) is 21.3. The molecule has 1 aromatic carbocycles. The van der Waals surface area contributed by atoms with E-state index >= 15 is 0 Å². The van der Waals surface area contributed by atoms with E-state index in [1.165, 1.54) is 37.5 Å². The zero-order chi connectivity index (χ0) is 21.5. The Bertz CT molecular complexity index is 1030. The minimum Gasteiger partial charge on any atom is -0.509 e. The molecular weight excluding hydrogens is 390 g/mol. The number of imidazole rings is 1. The van der Waals surface area contributed by atoms with Crippen molar-refractivity contribution in [1.82, 2.24) is 14.5 Å². The van der Waals surface area contributed by atoms with Crippen LogP contribution in [0.3, 0.4) is 0 Å². The molecule has 156 valence electrons. The average Bonchev–Trinajstić information content (AvgIpc) is 3.16. The number of aliphatic hydroxyl groups is 2. The van der Waals surface area contributed by atoms with Crippen LogP contribution in [0.25, 0.3) is 6.08 Å². The molecule has 0 aliphatic rings. The van der Waals surface area contributed by atoms with Crippen molar-refractivity contribution in [1.29, 1.82) is 0 Å². The monoisotopic (exact) mass is 412 g/mol. The van der Waals surface area contributed by atoms with Crippen molar-refractivity contribution >= 4 is 12.3 Å². The number of pyridine rings is 1. The van der Waals surface area contributed by atoms with Crippen LogP contribution in [0.2, 0.25) is 0 Å². The van der Waals surface area contributed by atoms with E-state index in [1.807, 2.05) is 0 Å². The number of aromatic nitrogens is 3. The van der Waals surface area contributed by atoms with E-state index in [0.717, 1.165) is 11.8 Å². The summed E-state index contributed by atoms with van der Waals surface area (Å²) in [5, 5.41) is 19.8. The summed E-state index contributed by atoms with van der Waals surface area (Å²) in [7, 11) is 1.49. The highest BCUT2D eigenvalue weighted by Crippen LogP contribution is 2.29. The third-order valence-corrected chi connectivity index (χ3v) is 4.68. The molecule has 6 nitrogen and oxygen atoms in total. The van der Waals surface area contributed by atoms with Crippen LogP contribution < -0.4 is 0 Å². The standard InChI is InChI=1S/C22H22F2N4O2/c1-25-14-21(30)20(29)11-22-27-7-9-28(22)8-6-19(15-2-4-17(23)5-3-15)16-10-18(24)13-26-12-16/h2-5,7,9-14,19,21,29-30H,6,8H2,1H3/b20-11-,25-14?/t19-,21?/m1/s1. The van der Waals surface area contributed by atoms with Crippen LogP contribution in [0.1, 0.15) is 29.3 Å². The molecule has 0 fully saturated rings. The Kier molecular flexibility index (Phi) is 7.03. The summed E-state index contributed by atoms with van der Waals surface area (Å²) >= 11 is 0. The highest BCUT2D eigenvalue weighted by atomic mass is 19.1. The molecule has 0 bridgehead atoms. The first-order chi connectivity index (χ1) is 14.5. The van der Waals surface area contributed by atoms with E-state index in [0.29, 0.717) is 24.4 Å². The number of aliphatic hydroxyl groups excluding tert-OH is 2. The van der Waals surface area contributed by atoms with Crippen molar-refractivity contribution in [2.24, 2.45) is 4.99 Å². The van der Waals surface area contributed by atoms with Crippen molar-refractivity contribution in [3.05, 3.63) is 89.5 Å². The van der Waals surface area contributed by atoms with Crippen molar-refractivity contribution in [2.45, 2.75) is 25.0 Å². The first-order valence-corrected chi connectivity index (χ1v) is 9.36. The van der Waals surface area contributed by atoms with Gasteiger partial charge >= 0.3 is 0 Å². The fourth-order valence-corrected chi connectivity index (χ4v) is 3.19. The summed E-state index contributed by atoms with van der Waals surface area (Å²) in [6.07, 6.45) is 7.96. The lowest BCUT2D eigenvalue weighted by Gasteiger charge is -2.19. The molecule has 2 aromatic heterocycles. The number of halogens is 2. The second kappa shape index (κ2) is 9.89. The van der Waals surface area contributed by atoms with Crippen LogP contribution in [0.15, 0.2) is 65.9 Å².